The second kappa shape index (κ2) is 4.73. The Labute approximate surface area is 89.6 Å². The highest BCUT2D eigenvalue weighted by atomic mass is 19.1. The van der Waals surface area contributed by atoms with Crippen LogP contribution in [0.3, 0.4) is 0 Å². The summed E-state index contributed by atoms with van der Waals surface area (Å²) in [4.78, 5) is 0. The van der Waals surface area contributed by atoms with Crippen LogP contribution in [0.25, 0.3) is 0 Å². The first-order chi connectivity index (χ1) is 7.29. The Hall–Kier alpha value is -0.930. The average molecular weight is 208 g/mol. The van der Waals surface area contributed by atoms with Crippen LogP contribution in [-0.4, -0.2) is 0 Å². The van der Waals surface area contributed by atoms with Gasteiger partial charge in [-0.1, -0.05) is 25.0 Å². The van der Waals surface area contributed by atoms with Crippen molar-refractivity contribution in [1.29, 1.82) is 0 Å². The number of nitrogens with two attached hydrogens (primary N) is 1. The first-order valence-electron chi connectivity index (χ1n) is 5.51. The van der Waals surface area contributed by atoms with Gasteiger partial charge in [0.25, 0.3) is 0 Å². The van der Waals surface area contributed by atoms with Gasteiger partial charge >= 0.3 is 0 Å². The van der Waals surface area contributed by atoms with Crippen molar-refractivity contribution in [3.05, 3.63) is 35.6 Å². The highest BCUT2D eigenvalue weighted by Crippen LogP contribution is 2.35. The van der Waals surface area contributed by atoms with Crippen molar-refractivity contribution in [2.24, 2.45) is 11.8 Å². The largest absolute Gasteiger partial charge is 0.271 e. The Morgan fingerprint density at radius 2 is 2.27 bits per heavy atom. The predicted octanol–water partition coefficient (Wildman–Crippen LogP) is 2.52. The van der Waals surface area contributed by atoms with Crippen molar-refractivity contribution in [3.8, 4) is 0 Å². The molecule has 0 bridgehead atoms. The average Bonchev–Trinajstić information content (AvgIpc) is 3.03. The molecule has 0 spiro atoms. The summed E-state index contributed by atoms with van der Waals surface area (Å²) in [5.41, 5.74) is 3.70. The van der Waals surface area contributed by atoms with Crippen molar-refractivity contribution in [2.75, 3.05) is 0 Å². The normalized spacial score (nSPS) is 17.7. The van der Waals surface area contributed by atoms with Gasteiger partial charge in [-0.05, 0) is 36.5 Å². The van der Waals surface area contributed by atoms with E-state index in [1.165, 1.54) is 25.3 Å². The van der Waals surface area contributed by atoms with Crippen LogP contribution < -0.4 is 11.3 Å². The zero-order chi connectivity index (χ0) is 10.7. The number of benzene rings is 1. The van der Waals surface area contributed by atoms with Gasteiger partial charge in [0.15, 0.2) is 0 Å². The fourth-order valence-electron chi connectivity index (χ4n) is 1.88. The Kier molecular flexibility index (Phi) is 3.34. The summed E-state index contributed by atoms with van der Waals surface area (Å²) < 4.78 is 13.0. The van der Waals surface area contributed by atoms with E-state index in [0.29, 0.717) is 0 Å². The van der Waals surface area contributed by atoms with Gasteiger partial charge in [-0.15, -0.1) is 0 Å². The summed E-state index contributed by atoms with van der Waals surface area (Å²) in [6, 6.07) is 6.74. The fraction of sp³-hybridized carbons (Fsp3) is 0.500. The SMILES string of the molecule is NNC(CCC1CC1)c1cccc(F)c1. The van der Waals surface area contributed by atoms with Crippen LogP contribution >= 0.6 is 0 Å². The summed E-state index contributed by atoms with van der Waals surface area (Å²) in [5.74, 6) is 6.18. The summed E-state index contributed by atoms with van der Waals surface area (Å²) in [7, 11) is 0. The number of halogens is 1. The Morgan fingerprint density at radius 1 is 1.47 bits per heavy atom. The first-order valence-corrected chi connectivity index (χ1v) is 5.51. The second-order valence-electron chi connectivity index (χ2n) is 4.29. The molecule has 0 radical (unpaired) electrons. The molecule has 1 saturated carbocycles. The highest BCUT2D eigenvalue weighted by molar-refractivity contribution is 5.19. The maximum atomic E-state index is 13.0. The lowest BCUT2D eigenvalue weighted by Gasteiger charge is -2.15. The van der Waals surface area contributed by atoms with E-state index in [-0.39, 0.29) is 11.9 Å². The predicted molar refractivity (Wildman–Crippen MR) is 58.4 cm³/mol. The molecule has 0 heterocycles. The molecule has 0 aromatic heterocycles. The van der Waals surface area contributed by atoms with Gasteiger partial charge in [-0.2, -0.15) is 0 Å². The maximum absolute atomic E-state index is 13.0. The smallest absolute Gasteiger partial charge is 0.123 e. The molecule has 1 aliphatic rings. The molecule has 1 atom stereocenters. The van der Waals surface area contributed by atoms with Crippen LogP contribution in [0.15, 0.2) is 24.3 Å². The molecule has 2 nitrogen and oxygen atoms in total. The van der Waals surface area contributed by atoms with Gasteiger partial charge in [0.1, 0.15) is 5.82 Å². The van der Waals surface area contributed by atoms with E-state index < -0.39 is 0 Å². The number of hydrazine groups is 1. The van der Waals surface area contributed by atoms with E-state index in [4.69, 9.17) is 5.84 Å². The molecular formula is C12H17FN2. The van der Waals surface area contributed by atoms with Crippen LogP contribution in [0.2, 0.25) is 0 Å². The molecule has 3 heteroatoms. The van der Waals surface area contributed by atoms with E-state index in [1.807, 2.05) is 6.07 Å². The Balaban J connectivity index is 1.97. The van der Waals surface area contributed by atoms with E-state index in [9.17, 15) is 4.39 Å². The number of nitrogens with one attached hydrogen (secondary N) is 1. The lowest BCUT2D eigenvalue weighted by Crippen LogP contribution is -2.28. The zero-order valence-corrected chi connectivity index (χ0v) is 8.75. The van der Waals surface area contributed by atoms with E-state index >= 15 is 0 Å². The lowest BCUT2D eigenvalue weighted by atomic mass is 10.0. The van der Waals surface area contributed by atoms with E-state index in [0.717, 1.165) is 17.9 Å². The molecule has 3 N–H and O–H groups in total. The van der Waals surface area contributed by atoms with Crippen molar-refractivity contribution in [1.82, 2.24) is 5.43 Å². The summed E-state index contributed by atoms with van der Waals surface area (Å²) in [6.45, 7) is 0. The zero-order valence-electron chi connectivity index (χ0n) is 8.75. The molecule has 1 unspecified atom stereocenters. The number of hydrogen-bond donors (Lipinski definition) is 2. The van der Waals surface area contributed by atoms with Crippen molar-refractivity contribution >= 4 is 0 Å². The van der Waals surface area contributed by atoms with Crippen LogP contribution in [-0.2, 0) is 0 Å². The molecule has 1 fully saturated rings. The first kappa shape index (κ1) is 10.6. The number of rotatable bonds is 5. The fourth-order valence-corrected chi connectivity index (χ4v) is 1.88. The van der Waals surface area contributed by atoms with Crippen molar-refractivity contribution < 1.29 is 4.39 Å². The third-order valence-corrected chi connectivity index (χ3v) is 3.01. The van der Waals surface area contributed by atoms with Gasteiger partial charge in [0.2, 0.25) is 0 Å². The minimum Gasteiger partial charge on any atom is -0.271 e. The molecule has 1 aromatic carbocycles. The minimum atomic E-state index is -0.195. The standard InChI is InChI=1S/C12H17FN2/c13-11-3-1-2-10(8-11)12(15-14)7-6-9-4-5-9/h1-3,8-9,12,15H,4-7,14H2. The third kappa shape index (κ3) is 3.01. The maximum Gasteiger partial charge on any atom is 0.123 e. The van der Waals surface area contributed by atoms with Gasteiger partial charge in [-0.25, -0.2) is 4.39 Å². The van der Waals surface area contributed by atoms with Gasteiger partial charge in [0, 0.05) is 6.04 Å². The highest BCUT2D eigenvalue weighted by Gasteiger charge is 2.22. The number of hydrogen-bond acceptors (Lipinski definition) is 2. The Morgan fingerprint density at radius 3 is 2.87 bits per heavy atom. The van der Waals surface area contributed by atoms with Crippen LogP contribution in [0.4, 0.5) is 4.39 Å². The lowest BCUT2D eigenvalue weighted by molar-refractivity contribution is 0.479. The van der Waals surface area contributed by atoms with Crippen molar-refractivity contribution in [3.63, 3.8) is 0 Å². The Bertz CT molecular complexity index is 323. The molecule has 2 rings (SSSR count). The quantitative estimate of drug-likeness (QED) is 0.576. The van der Waals surface area contributed by atoms with E-state index in [1.54, 1.807) is 12.1 Å². The van der Waals surface area contributed by atoms with Crippen LogP contribution in [0, 0.1) is 11.7 Å². The molecule has 15 heavy (non-hydrogen) atoms. The molecule has 0 aliphatic heterocycles. The third-order valence-electron chi connectivity index (χ3n) is 3.01. The summed E-state index contributed by atoms with van der Waals surface area (Å²) in [5, 5.41) is 0. The minimum absolute atomic E-state index is 0.0845. The topological polar surface area (TPSA) is 38.0 Å². The monoisotopic (exact) mass is 208 g/mol. The van der Waals surface area contributed by atoms with E-state index in [2.05, 4.69) is 5.43 Å². The second-order valence-corrected chi connectivity index (χ2v) is 4.29. The molecule has 1 aliphatic carbocycles. The molecule has 1 aromatic rings. The van der Waals surface area contributed by atoms with Crippen LogP contribution in [0.5, 0.6) is 0 Å². The van der Waals surface area contributed by atoms with Gasteiger partial charge in [-0.3, -0.25) is 11.3 Å². The molecule has 0 amide bonds. The van der Waals surface area contributed by atoms with Crippen LogP contribution in [0.1, 0.15) is 37.3 Å². The van der Waals surface area contributed by atoms with Crippen molar-refractivity contribution in [2.45, 2.75) is 31.7 Å². The molecule has 0 saturated heterocycles. The van der Waals surface area contributed by atoms with Gasteiger partial charge < -0.3 is 0 Å². The molecular weight excluding hydrogens is 191 g/mol. The summed E-state index contributed by atoms with van der Waals surface area (Å²) >= 11 is 0. The molecule has 82 valence electrons. The summed E-state index contributed by atoms with van der Waals surface area (Å²) in [6.07, 6.45) is 4.87. The van der Waals surface area contributed by atoms with Gasteiger partial charge in [0.05, 0.1) is 0 Å².